The fourth-order valence-corrected chi connectivity index (χ4v) is 7.84. The zero-order chi connectivity index (χ0) is 62.3. The number of carboxylic acid groups (broad SMARTS) is 1. The molecule has 448 valence electrons. The van der Waals surface area contributed by atoms with Gasteiger partial charge in [-0.1, -0.05) is 18.2 Å². The smallest absolute Gasteiger partial charge is 0.341 e. The van der Waals surface area contributed by atoms with Crippen LogP contribution < -0.4 is 37.8 Å². The van der Waals surface area contributed by atoms with Crippen LogP contribution in [-0.4, -0.2) is 101 Å². The fraction of sp³-hybridized carbons (Fsp3) is 0.148. The number of rotatable bonds is 16. The van der Waals surface area contributed by atoms with Gasteiger partial charge in [-0.05, 0) is 137 Å². The van der Waals surface area contributed by atoms with Crippen molar-refractivity contribution < 1.29 is 65.9 Å². The molecule has 2 amide bonds. The van der Waals surface area contributed by atoms with Crippen LogP contribution >= 0.6 is 0 Å². The van der Waals surface area contributed by atoms with E-state index in [1.54, 1.807) is 18.2 Å². The van der Waals surface area contributed by atoms with E-state index < -0.39 is 69.4 Å². The van der Waals surface area contributed by atoms with Gasteiger partial charge < -0.3 is 65.2 Å². The van der Waals surface area contributed by atoms with Crippen LogP contribution in [0.25, 0.3) is 21.8 Å². The molecule has 0 saturated heterocycles. The number of nitrogens with two attached hydrogens (primary N) is 1. The molecule has 0 fully saturated rings. The molecule has 0 aliphatic heterocycles. The summed E-state index contributed by atoms with van der Waals surface area (Å²) in [7, 11) is 0. The van der Waals surface area contributed by atoms with Crippen molar-refractivity contribution in [1.82, 2.24) is 34.3 Å². The Bertz CT molecular complexity index is 4130. The number of carboxylic acids is 1. The maximum absolute atomic E-state index is 13.4. The number of aliphatic hydroxyl groups is 2. The molecule has 0 bridgehead atoms. The van der Waals surface area contributed by atoms with E-state index in [9.17, 15) is 55.1 Å². The predicted molar refractivity (Wildman–Crippen MR) is 307 cm³/mol. The summed E-state index contributed by atoms with van der Waals surface area (Å²) in [6, 6.07) is 33.3. The number of ether oxygens (including phenoxy) is 1. The van der Waals surface area contributed by atoms with Crippen LogP contribution in [0.5, 0.6) is 11.5 Å². The molecule has 0 aliphatic carbocycles. The maximum Gasteiger partial charge on any atom is 0.341 e. The molecule has 5 aromatic carbocycles. The molecule has 86 heavy (non-hydrogen) atoms. The van der Waals surface area contributed by atoms with Crippen LogP contribution in [0.15, 0.2) is 185 Å². The Hall–Kier alpha value is -10.5. The van der Waals surface area contributed by atoms with Crippen molar-refractivity contribution in [3.63, 3.8) is 0 Å². The molecule has 25 heteroatoms. The van der Waals surface area contributed by atoms with E-state index in [0.717, 1.165) is 62.8 Å². The van der Waals surface area contributed by atoms with Crippen molar-refractivity contribution in [1.29, 1.82) is 0 Å². The Balaban J connectivity index is 0.000000189. The number of H-pyrrole nitrogens is 2. The highest BCUT2D eigenvalue weighted by molar-refractivity contribution is 5.94. The van der Waals surface area contributed by atoms with E-state index in [4.69, 9.17) is 30.9 Å². The van der Waals surface area contributed by atoms with Crippen molar-refractivity contribution in [2.75, 3.05) is 39.5 Å². The lowest BCUT2D eigenvalue weighted by molar-refractivity contribution is 0.0693. The third-order valence-corrected chi connectivity index (χ3v) is 12.0. The lowest BCUT2D eigenvalue weighted by atomic mass is 10.2. The molecule has 0 radical (unpaired) electrons. The summed E-state index contributed by atoms with van der Waals surface area (Å²) in [5.74, 6) is -7.40. The topological polar surface area (TPSA) is 289 Å². The number of aromatic amines is 2. The number of nitrogens with one attached hydrogen (secondary N) is 4. The molecule has 5 heterocycles. The summed E-state index contributed by atoms with van der Waals surface area (Å²) in [5, 5.41) is 41.5. The highest BCUT2D eigenvalue weighted by atomic mass is 19.2. The Kier molecular flexibility index (Phi) is 23.9. The molecule has 0 aliphatic rings. The number of hydrogen-bond donors (Lipinski definition) is 9. The zero-order valence-corrected chi connectivity index (χ0v) is 45.4. The van der Waals surface area contributed by atoms with Crippen molar-refractivity contribution in [3.05, 3.63) is 270 Å². The van der Waals surface area contributed by atoms with Gasteiger partial charge in [0.15, 0.2) is 34.9 Å². The number of aromatic hydroxyl groups is 1. The number of phenols is 1. The summed E-state index contributed by atoms with van der Waals surface area (Å²) in [5.41, 5.74) is 5.60. The fourth-order valence-electron chi connectivity index (χ4n) is 7.84. The van der Waals surface area contributed by atoms with Gasteiger partial charge in [-0.2, -0.15) is 0 Å². The normalized spacial score (nSPS) is 10.5. The molecule has 0 unspecified atom stereocenters. The van der Waals surface area contributed by atoms with Crippen LogP contribution in [0.2, 0.25) is 0 Å². The molecule has 0 saturated carbocycles. The number of phenolic OH excluding ortho intramolecular Hbond substituents is 1. The van der Waals surface area contributed by atoms with Gasteiger partial charge >= 0.3 is 5.97 Å². The van der Waals surface area contributed by atoms with Gasteiger partial charge in [0, 0.05) is 67.2 Å². The first kappa shape index (κ1) is 64.7. The van der Waals surface area contributed by atoms with E-state index in [-0.39, 0.29) is 69.2 Å². The summed E-state index contributed by atoms with van der Waals surface area (Å²) >= 11 is 0. The lowest BCUT2D eigenvalue weighted by Gasteiger charge is -2.10. The highest BCUT2D eigenvalue weighted by Gasteiger charge is 2.16. The summed E-state index contributed by atoms with van der Waals surface area (Å²) in [6.07, 6.45) is 8.01. The van der Waals surface area contributed by atoms with Crippen molar-refractivity contribution in [3.8, 4) is 11.5 Å². The number of benzene rings is 5. The molecule has 10 aromatic rings. The van der Waals surface area contributed by atoms with Crippen molar-refractivity contribution in [2.24, 2.45) is 5.73 Å². The SMILES string of the molecule is NCCO.O=C(NCCO)c1cccn(Cc2ccc(F)c(F)c2)c1=O.O=C(NCCOc1ccc2cc[nH]c2c1)c1cccn(Cc2ccc(F)c(F)c2)c1=O.O=C(O)c1cccn(Cc2ccc(F)c(F)c2)c1=O.Oc1ccc2cc[nH]c2c1. The molecular weight excluding hydrogens is 1130 g/mol. The quantitative estimate of drug-likeness (QED) is 0.0348. The average Bonchev–Trinajstić information content (AvgIpc) is 3.89. The van der Waals surface area contributed by atoms with E-state index in [0.29, 0.717) is 34.7 Å². The first-order valence-electron chi connectivity index (χ1n) is 25.9. The standard InChI is InChI=1S/C23H19F2N3O3.C15H14F2N2O3.C13H9F2NO3.C8H7NO.C2H7NO/c24-19-6-3-15(12-20(19)25)14-28-10-1-2-18(23(28)30)22(29)27-9-11-31-17-5-4-16-7-8-26-21(16)13-17;16-12-4-3-10(8-13(12)17)9-19-6-1-2-11(15(19)22)14(21)18-5-7-20;14-10-4-3-8(6-11(10)15)7-16-5-1-2-9(12(16)17)13(18)19;10-7-2-1-6-3-4-9-8(6)5-7;3-1-2-4/h1-8,10,12-13,26H,9,11,14H2,(H,27,29);1-4,6,8,20H,5,7,9H2,(H,18,21);1-6H,7H2,(H,18,19);1-5,9-10H;4H,1-3H2. The number of fused-ring (bicyclic) bond motifs is 2. The van der Waals surface area contributed by atoms with Crippen LogP contribution in [-0.2, 0) is 19.6 Å². The Morgan fingerprint density at radius 2 is 0.907 bits per heavy atom. The average molecular weight is 1190 g/mol. The van der Waals surface area contributed by atoms with Gasteiger partial charge in [-0.15, -0.1) is 0 Å². The lowest BCUT2D eigenvalue weighted by Crippen LogP contribution is -2.34. The molecule has 10 N–H and O–H groups in total. The maximum atomic E-state index is 13.4. The zero-order valence-electron chi connectivity index (χ0n) is 45.4. The summed E-state index contributed by atoms with van der Waals surface area (Å²) in [4.78, 5) is 77.7. The number of carbonyl (C=O) groups excluding carboxylic acids is 2. The Labute approximate surface area is 484 Å². The van der Waals surface area contributed by atoms with E-state index in [1.165, 1.54) is 76.3 Å². The van der Waals surface area contributed by atoms with Crippen molar-refractivity contribution in [2.45, 2.75) is 19.6 Å². The predicted octanol–water partition coefficient (Wildman–Crippen LogP) is 7.05. The molecular formula is C61H56F6N8O11. The van der Waals surface area contributed by atoms with E-state index in [1.807, 2.05) is 48.8 Å². The highest BCUT2D eigenvalue weighted by Crippen LogP contribution is 2.20. The van der Waals surface area contributed by atoms with Crippen LogP contribution in [0.4, 0.5) is 26.3 Å². The number of nitrogens with zero attached hydrogens (tertiary/aromatic N) is 3. The van der Waals surface area contributed by atoms with Crippen LogP contribution in [0.3, 0.4) is 0 Å². The van der Waals surface area contributed by atoms with Gasteiger partial charge in [0.05, 0.1) is 39.4 Å². The molecule has 19 nitrogen and oxygen atoms in total. The number of halogens is 6. The first-order chi connectivity index (χ1) is 41.3. The number of hydrogen-bond acceptors (Lipinski definition) is 11. The molecule has 10 rings (SSSR count). The van der Waals surface area contributed by atoms with Gasteiger partial charge in [-0.3, -0.25) is 24.0 Å². The number of carbonyl (C=O) groups is 3. The summed E-state index contributed by atoms with van der Waals surface area (Å²) in [6.45, 7) is 0.709. The largest absolute Gasteiger partial charge is 0.508 e. The number of aromatic carboxylic acids is 1. The van der Waals surface area contributed by atoms with E-state index >= 15 is 0 Å². The third kappa shape index (κ3) is 18.5. The molecule has 5 aromatic heterocycles. The number of aliphatic hydroxyl groups excluding tert-OH is 2. The summed E-state index contributed by atoms with van der Waals surface area (Å²) < 4.78 is 87.6. The van der Waals surface area contributed by atoms with Crippen LogP contribution in [0, 0.1) is 34.9 Å². The van der Waals surface area contributed by atoms with E-state index in [2.05, 4.69) is 20.6 Å². The number of aromatic nitrogens is 5. The van der Waals surface area contributed by atoms with Gasteiger partial charge in [0.2, 0.25) is 0 Å². The first-order valence-corrected chi connectivity index (χ1v) is 25.9. The third-order valence-electron chi connectivity index (χ3n) is 12.0. The minimum atomic E-state index is -1.33. The van der Waals surface area contributed by atoms with Gasteiger partial charge in [0.1, 0.15) is 34.8 Å². The monoisotopic (exact) mass is 1190 g/mol. The molecule has 0 atom stereocenters. The van der Waals surface area contributed by atoms with Gasteiger partial charge in [0.25, 0.3) is 28.5 Å². The van der Waals surface area contributed by atoms with Crippen molar-refractivity contribution >= 4 is 39.6 Å². The minimum Gasteiger partial charge on any atom is -0.508 e. The second-order valence-electron chi connectivity index (χ2n) is 18.2. The second-order valence-corrected chi connectivity index (χ2v) is 18.2. The Morgan fingerprint density at radius 3 is 1.33 bits per heavy atom. The number of amides is 2. The minimum absolute atomic E-state index is 0.0111. The van der Waals surface area contributed by atoms with Gasteiger partial charge in [-0.25, -0.2) is 31.1 Å². The van der Waals surface area contributed by atoms with Crippen LogP contribution in [0.1, 0.15) is 47.8 Å². The Morgan fingerprint density at radius 1 is 0.500 bits per heavy atom. The molecule has 0 spiro atoms. The number of pyridine rings is 3. The second kappa shape index (κ2) is 31.8.